The Morgan fingerprint density at radius 3 is 2.71 bits per heavy atom. The quantitative estimate of drug-likeness (QED) is 0.704. The largest absolute Gasteiger partial charge is 0.378 e. The van der Waals surface area contributed by atoms with E-state index in [1.165, 1.54) is 11.6 Å². The van der Waals surface area contributed by atoms with Crippen molar-refractivity contribution in [2.75, 3.05) is 5.32 Å². The maximum absolute atomic E-state index is 13.5. The van der Waals surface area contributed by atoms with Gasteiger partial charge in [-0.1, -0.05) is 35.9 Å². The highest BCUT2D eigenvalue weighted by molar-refractivity contribution is 6.30. The molecule has 3 atom stereocenters. The van der Waals surface area contributed by atoms with Crippen LogP contribution in [0.3, 0.4) is 0 Å². The molecule has 0 radical (unpaired) electrons. The fourth-order valence-electron chi connectivity index (χ4n) is 3.57. The molecule has 1 aliphatic heterocycles. The van der Waals surface area contributed by atoms with Crippen LogP contribution < -0.4 is 5.32 Å². The Labute approximate surface area is 128 Å². The van der Waals surface area contributed by atoms with E-state index in [0.29, 0.717) is 5.92 Å². The van der Waals surface area contributed by atoms with Gasteiger partial charge in [-0.15, -0.1) is 0 Å². The molecular formula is C18H15ClFN. The second-order valence-electron chi connectivity index (χ2n) is 5.76. The molecule has 0 aromatic heterocycles. The molecule has 4 rings (SSSR count). The van der Waals surface area contributed by atoms with Gasteiger partial charge in [0.05, 0.1) is 6.04 Å². The van der Waals surface area contributed by atoms with Crippen LogP contribution in [0.4, 0.5) is 10.1 Å². The number of fused-ring (bicyclic) bond motifs is 3. The first-order chi connectivity index (χ1) is 10.2. The molecule has 2 aromatic rings. The van der Waals surface area contributed by atoms with E-state index in [1.807, 2.05) is 18.2 Å². The molecule has 1 nitrogen and oxygen atoms in total. The highest BCUT2D eigenvalue weighted by Crippen LogP contribution is 2.49. The molecule has 0 amide bonds. The zero-order valence-corrected chi connectivity index (χ0v) is 12.1. The predicted octanol–water partition coefficient (Wildman–Crippen LogP) is 5.31. The van der Waals surface area contributed by atoms with Crippen LogP contribution in [-0.4, -0.2) is 0 Å². The third-order valence-corrected chi connectivity index (χ3v) is 4.81. The zero-order valence-electron chi connectivity index (χ0n) is 11.4. The van der Waals surface area contributed by atoms with Crippen molar-refractivity contribution >= 4 is 17.3 Å². The van der Waals surface area contributed by atoms with E-state index in [2.05, 4.69) is 29.6 Å². The number of rotatable bonds is 1. The number of hydrogen-bond donors (Lipinski definition) is 1. The Hall–Kier alpha value is -1.80. The Bertz CT molecular complexity index is 708. The summed E-state index contributed by atoms with van der Waals surface area (Å²) in [6.07, 6.45) is 5.44. The lowest BCUT2D eigenvalue weighted by Crippen LogP contribution is -2.29. The van der Waals surface area contributed by atoms with Crippen molar-refractivity contribution in [3.05, 3.63) is 76.6 Å². The van der Waals surface area contributed by atoms with Gasteiger partial charge in [0, 0.05) is 16.6 Å². The average molecular weight is 300 g/mol. The van der Waals surface area contributed by atoms with Gasteiger partial charge in [-0.05, 0) is 53.8 Å². The topological polar surface area (TPSA) is 12.0 Å². The molecule has 2 aromatic carbocycles. The van der Waals surface area contributed by atoms with Gasteiger partial charge in [-0.25, -0.2) is 4.39 Å². The van der Waals surface area contributed by atoms with Gasteiger partial charge in [0.25, 0.3) is 0 Å². The molecule has 0 fully saturated rings. The molecule has 2 aliphatic rings. The maximum Gasteiger partial charge on any atom is 0.123 e. The molecule has 0 saturated carbocycles. The summed E-state index contributed by atoms with van der Waals surface area (Å²) in [5, 5.41) is 4.33. The predicted molar refractivity (Wildman–Crippen MR) is 84.2 cm³/mol. The molecule has 21 heavy (non-hydrogen) atoms. The monoisotopic (exact) mass is 299 g/mol. The molecule has 0 unspecified atom stereocenters. The molecular weight excluding hydrogens is 285 g/mol. The van der Waals surface area contributed by atoms with Crippen LogP contribution in [0.2, 0.25) is 5.02 Å². The summed E-state index contributed by atoms with van der Waals surface area (Å²) in [5.41, 5.74) is 3.33. The van der Waals surface area contributed by atoms with Crippen LogP contribution in [0.15, 0.2) is 54.6 Å². The summed E-state index contributed by atoms with van der Waals surface area (Å²) in [6.45, 7) is 0. The number of allylic oxidation sites excluding steroid dienone is 2. The number of benzene rings is 2. The van der Waals surface area contributed by atoms with E-state index in [4.69, 9.17) is 11.6 Å². The van der Waals surface area contributed by atoms with Crippen molar-refractivity contribution in [3.63, 3.8) is 0 Å². The first kappa shape index (κ1) is 12.9. The van der Waals surface area contributed by atoms with Gasteiger partial charge in [-0.3, -0.25) is 0 Å². The fourth-order valence-corrected chi connectivity index (χ4v) is 3.69. The van der Waals surface area contributed by atoms with Crippen molar-refractivity contribution in [2.24, 2.45) is 5.92 Å². The van der Waals surface area contributed by atoms with Crippen LogP contribution in [0.25, 0.3) is 0 Å². The van der Waals surface area contributed by atoms with Crippen molar-refractivity contribution in [1.29, 1.82) is 0 Å². The standard InChI is InChI=1S/C18H15ClFN/c19-12-6-4-11(5-7-12)18-15-3-1-2-14(15)16-10-13(20)8-9-17(16)21-18/h1-2,4-10,14-15,18,21H,3H2/t14-,15-,18+/m1/s1. The van der Waals surface area contributed by atoms with E-state index in [0.717, 1.165) is 22.7 Å². The molecule has 0 saturated heterocycles. The van der Waals surface area contributed by atoms with Crippen LogP contribution in [0, 0.1) is 11.7 Å². The number of nitrogens with one attached hydrogen (secondary N) is 1. The third kappa shape index (κ3) is 2.14. The van der Waals surface area contributed by atoms with Gasteiger partial charge in [0.2, 0.25) is 0 Å². The average Bonchev–Trinajstić information content (AvgIpc) is 2.97. The van der Waals surface area contributed by atoms with Gasteiger partial charge in [0.15, 0.2) is 0 Å². The van der Waals surface area contributed by atoms with E-state index in [-0.39, 0.29) is 17.8 Å². The lowest BCUT2D eigenvalue weighted by atomic mass is 9.77. The van der Waals surface area contributed by atoms with Gasteiger partial charge >= 0.3 is 0 Å². The van der Waals surface area contributed by atoms with Crippen molar-refractivity contribution in [1.82, 2.24) is 0 Å². The molecule has 106 valence electrons. The third-order valence-electron chi connectivity index (χ3n) is 4.55. The molecule has 0 bridgehead atoms. The normalized spacial score (nSPS) is 26.1. The second kappa shape index (κ2) is 4.88. The maximum atomic E-state index is 13.5. The fraction of sp³-hybridized carbons (Fsp3) is 0.222. The Balaban J connectivity index is 1.78. The Kier molecular flexibility index (Phi) is 3.00. The van der Waals surface area contributed by atoms with E-state index in [9.17, 15) is 4.39 Å². The molecule has 1 aliphatic carbocycles. The second-order valence-corrected chi connectivity index (χ2v) is 6.20. The van der Waals surface area contributed by atoms with Crippen molar-refractivity contribution < 1.29 is 4.39 Å². The van der Waals surface area contributed by atoms with E-state index < -0.39 is 0 Å². The smallest absolute Gasteiger partial charge is 0.123 e. The summed E-state index contributed by atoms with van der Waals surface area (Å²) in [4.78, 5) is 0. The van der Waals surface area contributed by atoms with Gasteiger partial charge < -0.3 is 5.32 Å². The highest BCUT2D eigenvalue weighted by Gasteiger charge is 2.37. The molecule has 3 heteroatoms. The van der Waals surface area contributed by atoms with Crippen molar-refractivity contribution in [2.45, 2.75) is 18.4 Å². The molecule has 1 heterocycles. The van der Waals surface area contributed by atoms with Gasteiger partial charge in [-0.2, -0.15) is 0 Å². The number of anilines is 1. The molecule has 1 N–H and O–H groups in total. The summed E-state index contributed by atoms with van der Waals surface area (Å²) < 4.78 is 13.5. The first-order valence-electron chi connectivity index (χ1n) is 7.20. The van der Waals surface area contributed by atoms with Crippen LogP contribution in [0.1, 0.15) is 29.5 Å². The van der Waals surface area contributed by atoms with Crippen LogP contribution >= 0.6 is 11.6 Å². The van der Waals surface area contributed by atoms with E-state index in [1.54, 1.807) is 6.07 Å². The number of halogens is 2. The van der Waals surface area contributed by atoms with Crippen molar-refractivity contribution in [3.8, 4) is 0 Å². The Morgan fingerprint density at radius 1 is 1.10 bits per heavy atom. The zero-order chi connectivity index (χ0) is 14.4. The minimum absolute atomic E-state index is 0.167. The SMILES string of the molecule is Fc1ccc2c(c1)[C@@H]1C=CC[C@H]1[C@H](c1ccc(Cl)cc1)N2. The summed E-state index contributed by atoms with van der Waals surface area (Å²) in [6, 6.07) is 13.3. The van der Waals surface area contributed by atoms with Crippen LogP contribution in [-0.2, 0) is 0 Å². The van der Waals surface area contributed by atoms with E-state index >= 15 is 0 Å². The lowest BCUT2D eigenvalue weighted by molar-refractivity contribution is 0.424. The highest BCUT2D eigenvalue weighted by atomic mass is 35.5. The number of hydrogen-bond acceptors (Lipinski definition) is 1. The lowest BCUT2D eigenvalue weighted by Gasteiger charge is -2.37. The molecule has 0 spiro atoms. The van der Waals surface area contributed by atoms with Crippen LogP contribution in [0.5, 0.6) is 0 Å². The van der Waals surface area contributed by atoms with Gasteiger partial charge in [0.1, 0.15) is 5.82 Å². The summed E-state index contributed by atoms with van der Waals surface area (Å²) >= 11 is 5.99. The minimum Gasteiger partial charge on any atom is -0.378 e. The Morgan fingerprint density at radius 2 is 1.90 bits per heavy atom. The summed E-state index contributed by atoms with van der Waals surface area (Å²) in [5.74, 6) is 0.553. The summed E-state index contributed by atoms with van der Waals surface area (Å²) in [7, 11) is 0. The first-order valence-corrected chi connectivity index (χ1v) is 7.58. The minimum atomic E-state index is -0.167.